The average Bonchev–Trinajstić information content (AvgIpc) is 2.88. The summed E-state index contributed by atoms with van der Waals surface area (Å²) in [6.07, 6.45) is 1.68. The van der Waals surface area contributed by atoms with Gasteiger partial charge in [0.2, 0.25) is 0 Å². The maximum Gasteiger partial charge on any atom is 0.336 e. The topological polar surface area (TPSA) is 224 Å². The Kier molecular flexibility index (Phi) is 7.20. The van der Waals surface area contributed by atoms with E-state index < -0.39 is 65.0 Å². The van der Waals surface area contributed by atoms with Crippen molar-refractivity contribution in [2.24, 2.45) is 0 Å². The van der Waals surface area contributed by atoms with Gasteiger partial charge in [-0.25, -0.2) is 9.59 Å². The third-order valence-corrected chi connectivity index (χ3v) is 9.10. The summed E-state index contributed by atoms with van der Waals surface area (Å²) in [4.78, 5) is 25.1. The van der Waals surface area contributed by atoms with Gasteiger partial charge in [0.25, 0.3) is 20.2 Å². The van der Waals surface area contributed by atoms with E-state index in [-0.39, 0.29) is 38.8 Å². The summed E-state index contributed by atoms with van der Waals surface area (Å²) >= 11 is 0. The molecule has 0 bridgehead atoms. The second-order valence-corrected chi connectivity index (χ2v) is 13.6. The van der Waals surface area contributed by atoms with Crippen LogP contribution >= 0.6 is 0 Å². The smallest absolute Gasteiger partial charge is 0.336 e. The first-order chi connectivity index (χ1) is 20.3. The second-order valence-electron chi connectivity index (χ2n) is 10.8. The van der Waals surface area contributed by atoms with Crippen LogP contribution in [0.5, 0.6) is 0 Å². The highest BCUT2D eigenvalue weighted by Gasteiger charge is 2.35. The lowest BCUT2D eigenvalue weighted by Gasteiger charge is -2.43. The van der Waals surface area contributed by atoms with Gasteiger partial charge in [-0.1, -0.05) is 12.1 Å². The van der Waals surface area contributed by atoms with Crippen LogP contribution < -0.4 is 10.3 Å². The zero-order chi connectivity index (χ0) is 32.5. The number of hydrogen-bond acceptors (Lipinski definition) is 9. The minimum Gasteiger partial charge on any atom is -0.478 e. The molecule has 0 saturated heterocycles. The van der Waals surface area contributed by atoms with E-state index in [0.717, 1.165) is 18.2 Å². The van der Waals surface area contributed by atoms with Crippen LogP contribution in [-0.2, 0) is 20.2 Å². The highest BCUT2D eigenvalue weighted by molar-refractivity contribution is 7.86. The van der Waals surface area contributed by atoms with Gasteiger partial charge in [0, 0.05) is 40.4 Å². The molecular formula is C29H26N2O11S2. The molecule has 0 saturated carbocycles. The molecule has 5 rings (SSSR count). The Balaban J connectivity index is 2.04. The zero-order valence-electron chi connectivity index (χ0n) is 23.4. The van der Waals surface area contributed by atoms with Crippen molar-refractivity contribution in [3.63, 3.8) is 0 Å². The highest BCUT2D eigenvalue weighted by atomic mass is 32.2. The fourth-order valence-corrected chi connectivity index (χ4v) is 7.21. The van der Waals surface area contributed by atoms with Gasteiger partial charge in [-0.15, -0.1) is 0 Å². The van der Waals surface area contributed by atoms with E-state index in [9.17, 15) is 45.7 Å². The van der Waals surface area contributed by atoms with Crippen molar-refractivity contribution >= 4 is 54.4 Å². The second kappa shape index (κ2) is 10.3. The molecule has 0 radical (unpaired) electrons. The highest BCUT2D eigenvalue weighted by Crippen LogP contribution is 2.48. The Morgan fingerprint density at radius 2 is 1.59 bits per heavy atom. The molecule has 2 aromatic rings. The molecule has 44 heavy (non-hydrogen) atoms. The van der Waals surface area contributed by atoms with Gasteiger partial charge in [0.1, 0.15) is 11.3 Å². The fraction of sp³-hybridized carbons (Fsp3) is 0.207. The van der Waals surface area contributed by atoms with Gasteiger partial charge in [0.05, 0.1) is 22.0 Å². The number of rotatable bonds is 7. The molecular weight excluding hydrogens is 616 g/mol. The minimum absolute atomic E-state index is 0.0113. The maximum atomic E-state index is 12.5. The summed E-state index contributed by atoms with van der Waals surface area (Å²) in [6, 6.07) is 8.75. The van der Waals surface area contributed by atoms with Crippen LogP contribution in [0.3, 0.4) is 0 Å². The van der Waals surface area contributed by atoms with E-state index in [2.05, 4.69) is 0 Å². The normalized spacial score (nSPS) is 14.8. The van der Waals surface area contributed by atoms with Gasteiger partial charge in [-0.05, 0) is 62.2 Å². The van der Waals surface area contributed by atoms with Crippen molar-refractivity contribution in [2.45, 2.75) is 31.2 Å². The first-order valence-electron chi connectivity index (χ1n) is 13.0. The molecule has 2 heterocycles. The van der Waals surface area contributed by atoms with Crippen LogP contribution in [0.4, 0.5) is 5.69 Å². The molecule has 13 nitrogen and oxygen atoms in total. The number of fused-ring (bicyclic) bond motifs is 3. The van der Waals surface area contributed by atoms with Gasteiger partial charge in [-0.2, -0.15) is 16.8 Å². The summed E-state index contributed by atoms with van der Waals surface area (Å²) in [5.41, 5.74) is -0.518. The lowest BCUT2D eigenvalue weighted by Crippen LogP contribution is -2.45. The molecule has 0 atom stereocenters. The van der Waals surface area contributed by atoms with Crippen molar-refractivity contribution in [1.29, 1.82) is 5.41 Å². The van der Waals surface area contributed by atoms with Crippen LogP contribution in [-0.4, -0.2) is 65.9 Å². The van der Waals surface area contributed by atoms with Crippen LogP contribution in [0.25, 0.3) is 39.0 Å². The number of benzene rings is 3. The molecule has 15 heteroatoms. The minimum atomic E-state index is -5.04. The molecule has 0 spiro atoms. The van der Waals surface area contributed by atoms with Gasteiger partial charge in [0.15, 0.2) is 10.7 Å². The number of aromatic carboxylic acids is 2. The van der Waals surface area contributed by atoms with Gasteiger partial charge < -0.3 is 19.5 Å². The van der Waals surface area contributed by atoms with Gasteiger partial charge >= 0.3 is 11.9 Å². The van der Waals surface area contributed by atoms with Crippen LogP contribution in [0.2, 0.25) is 0 Å². The summed E-state index contributed by atoms with van der Waals surface area (Å²) in [5.74, 6) is -4.08. The number of carboxylic acid groups (broad SMARTS) is 2. The standard InChI is InChI=1S/C29H26N2O11S2/c1-4-31-22-11-23-20(10-18(22)15(12-29(31,2)3)13-43(36,37)38)24(16-6-5-14(27(32)33)9-19(16)28(34)35)17-7-8-21(30)26(25(17)42-23)44(39,40)41/h5-12,30H,4,13H2,1-3H3,(H,32,33)(H,34,35)(H,36,37,38)(H,39,40,41). The molecule has 0 fully saturated rings. The Morgan fingerprint density at radius 3 is 2.16 bits per heavy atom. The number of nitrogens with one attached hydrogen (secondary N) is 1. The molecule has 2 aliphatic heterocycles. The Morgan fingerprint density at radius 1 is 0.932 bits per heavy atom. The third-order valence-electron chi connectivity index (χ3n) is 7.50. The van der Waals surface area contributed by atoms with Crippen molar-refractivity contribution in [1.82, 2.24) is 0 Å². The van der Waals surface area contributed by atoms with Crippen LogP contribution in [0.1, 0.15) is 47.1 Å². The summed E-state index contributed by atoms with van der Waals surface area (Å²) in [5, 5.41) is 27.4. The Labute approximate surface area is 251 Å². The average molecular weight is 643 g/mol. The first-order valence-corrected chi connectivity index (χ1v) is 16.0. The molecule has 0 unspecified atom stereocenters. The van der Waals surface area contributed by atoms with E-state index in [1.54, 1.807) is 6.08 Å². The molecule has 1 aliphatic carbocycles. The van der Waals surface area contributed by atoms with E-state index in [0.29, 0.717) is 17.8 Å². The molecule has 5 N–H and O–H groups in total. The van der Waals surface area contributed by atoms with Crippen LogP contribution in [0.15, 0.2) is 57.9 Å². The number of likely N-dealkylation sites (N-methyl/N-ethyl adjacent to an activating group) is 1. The quantitative estimate of drug-likeness (QED) is 0.141. The largest absolute Gasteiger partial charge is 0.478 e. The van der Waals surface area contributed by atoms with E-state index in [1.165, 1.54) is 24.3 Å². The number of hydrogen-bond donors (Lipinski definition) is 5. The van der Waals surface area contributed by atoms with E-state index in [4.69, 9.17) is 9.83 Å². The predicted octanol–water partition coefficient (Wildman–Crippen LogP) is 4.22. The number of nitrogens with zero attached hydrogens (tertiary/aromatic N) is 1. The molecule has 2 aromatic carbocycles. The summed E-state index contributed by atoms with van der Waals surface area (Å²) in [6.45, 7) is 5.92. The number of carbonyl (C=O) groups is 2. The number of carboxylic acids is 2. The Bertz CT molecular complexity index is 2200. The monoisotopic (exact) mass is 642 g/mol. The van der Waals surface area contributed by atoms with Crippen molar-refractivity contribution in [3.8, 4) is 22.5 Å². The third kappa shape index (κ3) is 5.23. The van der Waals surface area contributed by atoms with Crippen molar-refractivity contribution in [3.05, 3.63) is 70.6 Å². The molecule has 230 valence electrons. The SMILES string of the molecule is CCN1c2cc3oc4c(S(=O)(=O)O)c(=N)ccc-4c(-c4ccc(C(=O)O)cc4C(=O)O)c3cc2C(CS(=O)(=O)O)=CC1(C)C. The fourth-order valence-electron chi connectivity index (χ4n) is 5.85. The van der Waals surface area contributed by atoms with Crippen LogP contribution in [0, 0.1) is 5.41 Å². The summed E-state index contributed by atoms with van der Waals surface area (Å²) < 4.78 is 74.9. The maximum absolute atomic E-state index is 12.5. The number of anilines is 1. The Hall–Kier alpha value is -4.57. The molecule has 3 aliphatic rings. The molecule has 0 amide bonds. The van der Waals surface area contributed by atoms with E-state index >= 15 is 0 Å². The first kappa shape index (κ1) is 30.9. The lowest BCUT2D eigenvalue weighted by atomic mass is 9.85. The summed E-state index contributed by atoms with van der Waals surface area (Å²) in [7, 11) is -9.55. The van der Waals surface area contributed by atoms with E-state index in [1.807, 2.05) is 25.7 Å². The molecule has 0 aromatic heterocycles. The predicted molar refractivity (Wildman–Crippen MR) is 159 cm³/mol. The van der Waals surface area contributed by atoms with Crippen molar-refractivity contribution < 1.29 is 50.2 Å². The van der Waals surface area contributed by atoms with Crippen molar-refractivity contribution in [2.75, 3.05) is 17.2 Å². The van der Waals surface area contributed by atoms with Gasteiger partial charge in [-0.3, -0.25) is 14.5 Å². The lowest BCUT2D eigenvalue weighted by molar-refractivity contribution is 0.0696. The zero-order valence-corrected chi connectivity index (χ0v) is 25.1.